The molecule has 37 heavy (non-hydrogen) atoms. The lowest BCUT2D eigenvalue weighted by atomic mass is 10.1. The van der Waals surface area contributed by atoms with Gasteiger partial charge >= 0.3 is 0 Å². The highest BCUT2D eigenvalue weighted by molar-refractivity contribution is 14.1. The van der Waals surface area contributed by atoms with Crippen molar-refractivity contribution in [1.82, 2.24) is 0 Å². The molecule has 0 fully saturated rings. The number of carbonyl (C=O) groups is 4. The molecule has 9 heteroatoms. The van der Waals surface area contributed by atoms with Crippen molar-refractivity contribution in [3.05, 3.63) is 114 Å². The van der Waals surface area contributed by atoms with Crippen LogP contribution in [-0.4, -0.2) is 23.6 Å². The zero-order valence-corrected chi connectivity index (χ0v) is 23.1. The lowest BCUT2D eigenvalue weighted by Crippen LogP contribution is -2.29. The topological polar surface area (TPSA) is 84.0 Å². The minimum Gasteiger partial charge on any atom is -0.457 e. The Labute approximate surface area is 238 Å². The zero-order valence-electron chi connectivity index (χ0n) is 18.8. The van der Waals surface area contributed by atoms with Gasteiger partial charge in [0.2, 0.25) is 0 Å². The Balaban J connectivity index is 1.27. The van der Waals surface area contributed by atoms with Crippen LogP contribution in [0, 0.1) is 7.14 Å². The Bertz CT molecular complexity index is 1530. The summed E-state index contributed by atoms with van der Waals surface area (Å²) in [6.45, 7) is 0. The molecule has 2 heterocycles. The number of nitrogens with zero attached hydrogens (tertiary/aromatic N) is 2. The van der Waals surface area contributed by atoms with Gasteiger partial charge in [-0.1, -0.05) is 0 Å². The van der Waals surface area contributed by atoms with E-state index in [4.69, 9.17) is 4.74 Å². The normalized spacial score (nSPS) is 14.3. The monoisotopic (exact) mass is 712 g/mol. The van der Waals surface area contributed by atoms with Crippen molar-refractivity contribution in [3.8, 4) is 11.5 Å². The number of fused-ring (bicyclic) bond motifs is 2. The predicted octanol–water partition coefficient (Wildman–Crippen LogP) is 6.29. The summed E-state index contributed by atoms with van der Waals surface area (Å²) in [5.41, 5.74) is 2.04. The van der Waals surface area contributed by atoms with Crippen molar-refractivity contribution < 1.29 is 23.9 Å². The van der Waals surface area contributed by atoms with Crippen LogP contribution in [0.3, 0.4) is 0 Å². The van der Waals surface area contributed by atoms with E-state index >= 15 is 0 Å². The first-order valence-electron chi connectivity index (χ1n) is 11.1. The molecule has 180 valence electrons. The quantitative estimate of drug-likeness (QED) is 0.184. The maximum atomic E-state index is 13.1. The zero-order chi connectivity index (χ0) is 25.8. The molecule has 4 aromatic carbocycles. The Kier molecular flexibility index (Phi) is 5.83. The molecule has 0 spiro atoms. The molecule has 0 bridgehead atoms. The third-order valence-electron chi connectivity index (χ3n) is 6.12. The third kappa shape index (κ3) is 4.02. The maximum absolute atomic E-state index is 13.1. The van der Waals surface area contributed by atoms with Crippen molar-refractivity contribution in [1.29, 1.82) is 0 Å². The van der Waals surface area contributed by atoms with Gasteiger partial charge in [0.15, 0.2) is 0 Å². The molecule has 2 aliphatic heterocycles. The number of hydrogen-bond donors (Lipinski definition) is 0. The second kappa shape index (κ2) is 9.06. The van der Waals surface area contributed by atoms with Crippen LogP contribution in [0.2, 0.25) is 0 Å². The van der Waals surface area contributed by atoms with Gasteiger partial charge in [-0.25, -0.2) is 9.80 Å². The first-order chi connectivity index (χ1) is 17.8. The number of carbonyl (C=O) groups excluding carboxylic acids is 4. The van der Waals surface area contributed by atoms with Gasteiger partial charge < -0.3 is 4.74 Å². The van der Waals surface area contributed by atoms with Crippen LogP contribution in [0.4, 0.5) is 11.4 Å². The second-order valence-electron chi connectivity index (χ2n) is 8.36. The summed E-state index contributed by atoms with van der Waals surface area (Å²) in [4.78, 5) is 54.3. The minimum atomic E-state index is -0.436. The Morgan fingerprint density at radius 3 is 1.19 bits per heavy atom. The Morgan fingerprint density at radius 2 is 0.811 bits per heavy atom. The molecule has 0 atom stereocenters. The second-order valence-corrected chi connectivity index (χ2v) is 10.9. The van der Waals surface area contributed by atoms with Crippen LogP contribution in [-0.2, 0) is 0 Å². The van der Waals surface area contributed by atoms with E-state index in [0.29, 0.717) is 34.0 Å². The van der Waals surface area contributed by atoms with Gasteiger partial charge in [0.25, 0.3) is 23.6 Å². The van der Waals surface area contributed by atoms with Gasteiger partial charge in [-0.2, -0.15) is 0 Å². The summed E-state index contributed by atoms with van der Waals surface area (Å²) in [5, 5.41) is 0. The van der Waals surface area contributed by atoms with Gasteiger partial charge in [-0.3, -0.25) is 19.2 Å². The first kappa shape index (κ1) is 23.8. The average Bonchev–Trinajstić information content (AvgIpc) is 3.29. The van der Waals surface area contributed by atoms with Gasteiger partial charge in [0, 0.05) is 7.14 Å². The number of benzene rings is 4. The van der Waals surface area contributed by atoms with Gasteiger partial charge in [0.1, 0.15) is 11.5 Å². The lowest BCUT2D eigenvalue weighted by Gasteiger charge is -2.13. The maximum Gasteiger partial charge on any atom is 0.266 e. The molecule has 0 radical (unpaired) electrons. The number of amides is 4. The summed E-state index contributed by atoms with van der Waals surface area (Å²) >= 11 is 4.31. The van der Waals surface area contributed by atoms with Crippen molar-refractivity contribution >= 4 is 80.2 Å². The fraction of sp³-hybridized carbons (Fsp3) is 0. The van der Waals surface area contributed by atoms with E-state index in [1.54, 1.807) is 48.5 Å². The summed E-state index contributed by atoms with van der Waals surface area (Å²) in [6.07, 6.45) is 0. The molecule has 0 saturated carbocycles. The largest absolute Gasteiger partial charge is 0.457 e. The summed E-state index contributed by atoms with van der Waals surface area (Å²) < 4.78 is 7.92. The van der Waals surface area contributed by atoms with Crippen molar-refractivity contribution in [3.63, 3.8) is 0 Å². The van der Waals surface area contributed by atoms with Crippen molar-refractivity contribution in [2.24, 2.45) is 0 Å². The molecule has 0 aliphatic carbocycles. The van der Waals surface area contributed by atoms with E-state index in [-0.39, 0.29) is 11.1 Å². The number of halogens is 2. The van der Waals surface area contributed by atoms with Crippen LogP contribution < -0.4 is 14.5 Å². The molecular weight excluding hydrogens is 698 g/mol. The molecule has 6 rings (SSSR count). The molecule has 0 unspecified atom stereocenters. The fourth-order valence-electron chi connectivity index (χ4n) is 4.35. The smallest absolute Gasteiger partial charge is 0.266 e. The molecule has 4 amide bonds. The van der Waals surface area contributed by atoms with E-state index in [1.807, 2.05) is 24.3 Å². The van der Waals surface area contributed by atoms with E-state index in [2.05, 4.69) is 45.2 Å². The van der Waals surface area contributed by atoms with Crippen LogP contribution in [0.25, 0.3) is 0 Å². The van der Waals surface area contributed by atoms with Crippen LogP contribution in [0.5, 0.6) is 11.5 Å². The molecule has 0 N–H and O–H groups in total. The first-order valence-corrected chi connectivity index (χ1v) is 13.2. The van der Waals surface area contributed by atoms with Crippen LogP contribution >= 0.6 is 45.2 Å². The number of ether oxygens (including phenoxy) is 1. The highest BCUT2D eigenvalue weighted by Crippen LogP contribution is 2.35. The van der Waals surface area contributed by atoms with E-state index in [0.717, 1.165) is 16.9 Å². The van der Waals surface area contributed by atoms with Gasteiger partial charge in [-0.05, 0) is 130 Å². The summed E-state index contributed by atoms with van der Waals surface area (Å²) in [5.74, 6) is -1.01. The number of rotatable bonds is 4. The van der Waals surface area contributed by atoms with Gasteiger partial charge in [-0.15, -0.1) is 0 Å². The molecule has 0 saturated heterocycles. The lowest BCUT2D eigenvalue weighted by molar-refractivity contribution is 0.0910. The van der Waals surface area contributed by atoms with Crippen molar-refractivity contribution in [2.75, 3.05) is 9.80 Å². The Hall–Kier alpha value is -3.58. The van der Waals surface area contributed by atoms with E-state index in [1.165, 1.54) is 12.1 Å². The fourth-order valence-corrected chi connectivity index (χ4v) is 5.07. The summed E-state index contributed by atoms with van der Waals surface area (Å²) in [7, 11) is 0. The number of anilines is 2. The SMILES string of the molecule is O=C1c2ccc(Oc3ccc4c(c3)C(=O)N(c3ccc(I)cc3)C4=O)cc2C(=O)N1c1ccc(I)cc1. The predicted molar refractivity (Wildman–Crippen MR) is 154 cm³/mol. The highest BCUT2D eigenvalue weighted by Gasteiger charge is 2.38. The van der Waals surface area contributed by atoms with Crippen LogP contribution in [0.15, 0.2) is 84.9 Å². The van der Waals surface area contributed by atoms with E-state index < -0.39 is 23.6 Å². The Morgan fingerprint density at radius 1 is 0.459 bits per heavy atom. The minimum absolute atomic E-state index is 0.235. The third-order valence-corrected chi connectivity index (χ3v) is 7.56. The molecule has 2 aliphatic rings. The van der Waals surface area contributed by atoms with Crippen LogP contribution in [0.1, 0.15) is 41.4 Å². The highest BCUT2D eigenvalue weighted by atomic mass is 127. The molecular formula is C28H14I2N2O5. The molecule has 4 aromatic rings. The number of imide groups is 2. The van der Waals surface area contributed by atoms with Crippen molar-refractivity contribution in [2.45, 2.75) is 0 Å². The van der Waals surface area contributed by atoms with Gasteiger partial charge in [0.05, 0.1) is 33.6 Å². The molecule has 0 aromatic heterocycles. The standard InChI is InChI=1S/C28H14I2N2O5/c29-15-1-5-17(6-2-15)31-25(33)21-11-9-19(13-23(21)27(31)35)37-20-10-12-22-24(14-20)28(36)32(26(22)34)18-7-3-16(30)4-8-18/h1-14H. The number of hydrogen-bond acceptors (Lipinski definition) is 5. The summed E-state index contributed by atoms with van der Waals surface area (Å²) in [6, 6.07) is 23.5. The molecule has 7 nitrogen and oxygen atoms in total. The van der Waals surface area contributed by atoms with E-state index in [9.17, 15) is 19.2 Å². The average molecular weight is 712 g/mol.